The lowest BCUT2D eigenvalue weighted by Gasteiger charge is -2.44. The molecule has 0 aliphatic carbocycles. The van der Waals surface area contributed by atoms with Gasteiger partial charge in [0.15, 0.2) is 0 Å². The van der Waals surface area contributed by atoms with E-state index < -0.39 is 0 Å². The molecule has 2 aromatic rings. The first kappa shape index (κ1) is 19.0. The van der Waals surface area contributed by atoms with Crippen LogP contribution in [0.3, 0.4) is 0 Å². The van der Waals surface area contributed by atoms with Crippen LogP contribution in [0.2, 0.25) is 0 Å². The van der Waals surface area contributed by atoms with E-state index in [0.717, 1.165) is 44.8 Å². The Bertz CT molecular complexity index is 817. The van der Waals surface area contributed by atoms with Gasteiger partial charge in [0.2, 0.25) is 0 Å². The average Bonchev–Trinajstić information content (AvgIpc) is 3.06. The predicted molar refractivity (Wildman–Crippen MR) is 111 cm³/mol. The summed E-state index contributed by atoms with van der Waals surface area (Å²) in [6, 6.07) is 19.8. The van der Waals surface area contributed by atoms with Gasteiger partial charge in [0.1, 0.15) is 12.4 Å². The molecule has 2 aromatic carbocycles. The Kier molecular flexibility index (Phi) is 5.97. The number of terminal acetylenes is 1. The Morgan fingerprint density at radius 1 is 1.04 bits per heavy atom. The van der Waals surface area contributed by atoms with Gasteiger partial charge in [0.05, 0.1) is 6.10 Å². The Balaban J connectivity index is 1.51. The molecule has 2 aliphatic rings. The minimum Gasteiger partial charge on any atom is -0.481 e. The van der Waals surface area contributed by atoms with Gasteiger partial charge in [-0.25, -0.2) is 0 Å². The minimum atomic E-state index is -0.192. The van der Waals surface area contributed by atoms with E-state index in [1.807, 2.05) is 12.1 Å². The predicted octanol–water partition coefficient (Wildman–Crippen LogP) is 2.56. The van der Waals surface area contributed by atoms with Crippen LogP contribution in [0, 0.1) is 12.3 Å². The van der Waals surface area contributed by atoms with Crippen molar-refractivity contribution in [3.8, 4) is 18.1 Å². The van der Waals surface area contributed by atoms with Gasteiger partial charge in [-0.15, -0.1) is 6.42 Å². The van der Waals surface area contributed by atoms with Crippen molar-refractivity contribution in [2.75, 3.05) is 26.2 Å². The first-order valence-electron chi connectivity index (χ1n) is 10.1. The third-order valence-electron chi connectivity index (χ3n) is 5.83. The van der Waals surface area contributed by atoms with Gasteiger partial charge < -0.3 is 9.84 Å². The summed E-state index contributed by atoms with van der Waals surface area (Å²) in [5.41, 5.74) is 2.60. The zero-order valence-electron chi connectivity index (χ0n) is 16.2. The number of fused-ring (bicyclic) bond motifs is 1. The Morgan fingerprint density at radius 2 is 1.86 bits per heavy atom. The molecule has 4 heteroatoms. The molecule has 146 valence electrons. The zero-order chi connectivity index (χ0) is 19.3. The highest BCUT2D eigenvalue weighted by Gasteiger charge is 2.39. The molecule has 0 spiro atoms. The summed E-state index contributed by atoms with van der Waals surface area (Å²) in [4.78, 5) is 5.05. The second-order valence-corrected chi connectivity index (χ2v) is 7.91. The summed E-state index contributed by atoms with van der Waals surface area (Å²) in [5.74, 6) is 3.34. The van der Waals surface area contributed by atoms with Crippen molar-refractivity contribution in [1.82, 2.24) is 9.80 Å². The minimum absolute atomic E-state index is 0.192. The van der Waals surface area contributed by atoms with Gasteiger partial charge >= 0.3 is 0 Å². The molecule has 0 radical (unpaired) electrons. The highest BCUT2D eigenvalue weighted by molar-refractivity contribution is 5.29. The molecule has 28 heavy (non-hydrogen) atoms. The highest BCUT2D eigenvalue weighted by Crippen LogP contribution is 2.28. The lowest BCUT2D eigenvalue weighted by Crippen LogP contribution is -2.56. The van der Waals surface area contributed by atoms with E-state index in [2.05, 4.69) is 58.2 Å². The van der Waals surface area contributed by atoms with Crippen molar-refractivity contribution in [3.05, 3.63) is 65.7 Å². The molecule has 2 saturated heterocycles. The van der Waals surface area contributed by atoms with Crippen molar-refractivity contribution < 1.29 is 9.84 Å². The topological polar surface area (TPSA) is 35.9 Å². The smallest absolute Gasteiger partial charge is 0.148 e. The van der Waals surface area contributed by atoms with Crippen LogP contribution >= 0.6 is 0 Å². The van der Waals surface area contributed by atoms with Crippen LogP contribution in [0.4, 0.5) is 0 Å². The normalized spacial score (nSPS) is 25.2. The number of aliphatic hydroxyl groups excluding tert-OH is 1. The number of hydrogen-bond acceptors (Lipinski definition) is 4. The SMILES string of the molecule is C#CCOc1cccc(CN2C[C@@H]3C[C@@H](O)CN3C[C@@H]2Cc2ccccc2)c1. The maximum Gasteiger partial charge on any atom is 0.148 e. The number of aliphatic hydroxyl groups is 1. The summed E-state index contributed by atoms with van der Waals surface area (Å²) < 4.78 is 5.59. The first-order valence-corrected chi connectivity index (χ1v) is 10.1. The zero-order valence-corrected chi connectivity index (χ0v) is 16.2. The molecule has 0 bridgehead atoms. The number of benzene rings is 2. The van der Waals surface area contributed by atoms with Gasteiger partial charge in [-0.05, 0) is 36.1 Å². The molecule has 4 rings (SSSR count). The van der Waals surface area contributed by atoms with Gasteiger partial charge in [0.25, 0.3) is 0 Å². The van der Waals surface area contributed by atoms with Crippen LogP contribution in [0.5, 0.6) is 5.75 Å². The van der Waals surface area contributed by atoms with Gasteiger partial charge in [-0.1, -0.05) is 48.4 Å². The van der Waals surface area contributed by atoms with Crippen molar-refractivity contribution in [3.63, 3.8) is 0 Å². The van der Waals surface area contributed by atoms with Crippen LogP contribution in [-0.2, 0) is 13.0 Å². The number of nitrogens with zero attached hydrogens (tertiary/aromatic N) is 2. The summed E-state index contributed by atoms with van der Waals surface area (Å²) in [7, 11) is 0. The summed E-state index contributed by atoms with van der Waals surface area (Å²) in [6.07, 6.45) is 7.01. The molecule has 0 saturated carbocycles. The largest absolute Gasteiger partial charge is 0.481 e. The molecule has 4 nitrogen and oxygen atoms in total. The second kappa shape index (κ2) is 8.79. The molecule has 2 heterocycles. The third kappa shape index (κ3) is 4.56. The van der Waals surface area contributed by atoms with Crippen LogP contribution in [0.15, 0.2) is 54.6 Å². The van der Waals surface area contributed by atoms with Gasteiger partial charge in [0, 0.05) is 38.3 Å². The summed E-state index contributed by atoms with van der Waals surface area (Å²) >= 11 is 0. The molecule has 0 unspecified atom stereocenters. The van der Waals surface area contributed by atoms with E-state index in [1.165, 1.54) is 11.1 Å². The summed E-state index contributed by atoms with van der Waals surface area (Å²) in [5, 5.41) is 10.1. The van der Waals surface area contributed by atoms with Gasteiger partial charge in [-0.3, -0.25) is 9.80 Å². The van der Waals surface area contributed by atoms with E-state index in [0.29, 0.717) is 18.7 Å². The van der Waals surface area contributed by atoms with Crippen LogP contribution < -0.4 is 4.74 Å². The molecule has 0 aromatic heterocycles. The van der Waals surface area contributed by atoms with Crippen LogP contribution in [0.25, 0.3) is 0 Å². The lowest BCUT2D eigenvalue weighted by molar-refractivity contribution is 0.0444. The van der Waals surface area contributed by atoms with E-state index >= 15 is 0 Å². The molecule has 2 aliphatic heterocycles. The van der Waals surface area contributed by atoms with Crippen LogP contribution in [0.1, 0.15) is 17.5 Å². The lowest BCUT2D eigenvalue weighted by atomic mass is 9.99. The van der Waals surface area contributed by atoms with Crippen LogP contribution in [-0.4, -0.2) is 59.3 Å². The van der Waals surface area contributed by atoms with E-state index in [1.54, 1.807) is 0 Å². The molecule has 0 amide bonds. The number of ether oxygens (including phenoxy) is 1. The third-order valence-corrected chi connectivity index (χ3v) is 5.83. The average molecular weight is 377 g/mol. The number of piperazine rings is 1. The van der Waals surface area contributed by atoms with Crippen molar-refractivity contribution >= 4 is 0 Å². The van der Waals surface area contributed by atoms with E-state index in [4.69, 9.17) is 11.2 Å². The second-order valence-electron chi connectivity index (χ2n) is 7.91. The fraction of sp³-hybridized carbons (Fsp3) is 0.417. The van der Waals surface area contributed by atoms with E-state index in [9.17, 15) is 5.11 Å². The molecular formula is C24H28N2O2. The van der Waals surface area contributed by atoms with Crippen molar-refractivity contribution in [1.29, 1.82) is 0 Å². The standard InChI is InChI=1S/C24H28N2O2/c1-2-11-28-24-10-6-9-20(13-24)15-25-17-22-14-23(27)18-26(22)16-21(25)12-19-7-4-3-5-8-19/h1,3-10,13,21-23,27H,11-12,14-18H2/t21-,22-,23+/m0/s1. The highest BCUT2D eigenvalue weighted by atomic mass is 16.5. The Hall–Kier alpha value is -2.32. The van der Waals surface area contributed by atoms with Gasteiger partial charge in [-0.2, -0.15) is 0 Å². The number of rotatable bonds is 6. The molecule has 2 fully saturated rings. The fourth-order valence-corrected chi connectivity index (χ4v) is 4.54. The quantitative estimate of drug-likeness (QED) is 0.786. The first-order chi connectivity index (χ1) is 13.7. The monoisotopic (exact) mass is 376 g/mol. The molecule has 3 atom stereocenters. The molecular weight excluding hydrogens is 348 g/mol. The van der Waals surface area contributed by atoms with Crippen molar-refractivity contribution in [2.45, 2.75) is 37.6 Å². The maximum absolute atomic E-state index is 10.1. The van der Waals surface area contributed by atoms with E-state index in [-0.39, 0.29) is 6.10 Å². The fourth-order valence-electron chi connectivity index (χ4n) is 4.54. The maximum atomic E-state index is 10.1. The number of hydrogen-bond donors (Lipinski definition) is 1. The Morgan fingerprint density at radius 3 is 2.68 bits per heavy atom. The summed E-state index contributed by atoms with van der Waals surface area (Å²) in [6.45, 7) is 3.97. The molecule has 1 N–H and O–H groups in total. The Labute approximate surface area is 167 Å². The van der Waals surface area contributed by atoms with Crippen molar-refractivity contribution in [2.24, 2.45) is 0 Å².